The highest BCUT2D eigenvalue weighted by molar-refractivity contribution is 6.32. The van der Waals surface area contributed by atoms with Crippen molar-refractivity contribution in [3.63, 3.8) is 0 Å². The van der Waals surface area contributed by atoms with Gasteiger partial charge in [0.1, 0.15) is 5.82 Å². The third kappa shape index (κ3) is 5.07. The molecule has 5 aromatic rings. The van der Waals surface area contributed by atoms with E-state index in [2.05, 4.69) is 49.9 Å². The van der Waals surface area contributed by atoms with Crippen LogP contribution in [0.3, 0.4) is 0 Å². The number of imidazole rings is 1. The van der Waals surface area contributed by atoms with E-state index in [-0.39, 0.29) is 10.8 Å². The Balaban J connectivity index is 1.34. The molecule has 2 N–H and O–H groups in total. The molecule has 0 amide bonds. The zero-order valence-electron chi connectivity index (χ0n) is 21.4. The molecule has 1 aliphatic rings. The van der Waals surface area contributed by atoms with Gasteiger partial charge in [0.25, 0.3) is 0 Å². The fraction of sp³-hybridized carbons (Fsp3) is 0.286. The van der Waals surface area contributed by atoms with Crippen LogP contribution in [0.5, 0.6) is 0 Å². The summed E-state index contributed by atoms with van der Waals surface area (Å²) in [6, 6.07) is 14.7. The maximum absolute atomic E-state index is 11.9. The Morgan fingerprint density at radius 2 is 1.90 bits per heavy atom. The number of aromatic carboxylic acids is 1. The van der Waals surface area contributed by atoms with Crippen molar-refractivity contribution in [2.75, 3.05) is 0 Å². The lowest BCUT2D eigenvalue weighted by molar-refractivity contribution is 0.0685. The van der Waals surface area contributed by atoms with Crippen molar-refractivity contribution in [1.29, 1.82) is 0 Å². The van der Waals surface area contributed by atoms with Crippen molar-refractivity contribution in [3.05, 3.63) is 77.1 Å². The molecule has 2 aromatic carbocycles. The van der Waals surface area contributed by atoms with E-state index in [9.17, 15) is 9.90 Å². The number of rotatable bonds is 10. The lowest BCUT2D eigenvalue weighted by Crippen LogP contribution is -2.13. The molecule has 0 radical (unpaired) electrons. The number of aryl methyl sites for hydroxylation is 1. The number of halogens is 1. The zero-order chi connectivity index (χ0) is 26.9. The Hall–Kier alpha value is -4.31. The number of H-pyrrole nitrogens is 1. The van der Waals surface area contributed by atoms with E-state index in [0.29, 0.717) is 30.7 Å². The number of aromatic amines is 1. The number of benzene rings is 2. The molecule has 6 rings (SSSR count). The molecule has 39 heavy (non-hydrogen) atoms. The second kappa shape index (κ2) is 10.5. The molecule has 0 unspecified atom stereocenters. The lowest BCUT2D eigenvalue weighted by atomic mass is 9.94. The zero-order valence-corrected chi connectivity index (χ0v) is 22.1. The largest absolute Gasteiger partial charge is 0.476 e. The van der Waals surface area contributed by atoms with Gasteiger partial charge in [0, 0.05) is 30.3 Å². The Kier molecular flexibility index (Phi) is 6.70. The minimum Gasteiger partial charge on any atom is -0.476 e. The minimum absolute atomic E-state index is 0.0192. The Morgan fingerprint density at radius 1 is 1.10 bits per heavy atom. The normalized spacial score (nSPS) is 13.2. The van der Waals surface area contributed by atoms with Gasteiger partial charge in [-0.05, 0) is 58.9 Å². The van der Waals surface area contributed by atoms with E-state index in [0.717, 1.165) is 46.2 Å². The van der Waals surface area contributed by atoms with E-state index in [4.69, 9.17) is 11.6 Å². The highest BCUT2D eigenvalue weighted by Gasteiger charge is 2.25. The number of carbonyl (C=O) groups is 1. The molecule has 198 valence electrons. The van der Waals surface area contributed by atoms with Gasteiger partial charge >= 0.3 is 5.97 Å². The molecule has 0 atom stereocenters. The van der Waals surface area contributed by atoms with Crippen LogP contribution in [-0.2, 0) is 13.0 Å². The van der Waals surface area contributed by atoms with E-state index >= 15 is 0 Å². The number of nitrogens with zero attached hydrogens (tertiary/aromatic N) is 7. The van der Waals surface area contributed by atoms with Crippen LogP contribution >= 0.6 is 11.6 Å². The second-order valence-corrected chi connectivity index (χ2v) is 10.2. The Labute approximate surface area is 229 Å². The highest BCUT2D eigenvalue weighted by Crippen LogP contribution is 2.37. The van der Waals surface area contributed by atoms with E-state index in [1.165, 1.54) is 12.8 Å². The number of aromatic nitrogens is 8. The monoisotopic (exact) mass is 542 g/mol. The van der Waals surface area contributed by atoms with Gasteiger partial charge < -0.3 is 9.67 Å². The molecule has 3 heterocycles. The quantitative estimate of drug-likeness (QED) is 0.232. The summed E-state index contributed by atoms with van der Waals surface area (Å²) >= 11 is 6.21. The fourth-order valence-electron chi connectivity index (χ4n) is 4.80. The SMILES string of the molecule is CCCCc1nc(Cl)c(C(=O)O)n1Cc1ccc(-c2cc(-c3cnn(C4CC4)c3)ccc2-c2nn[nH]n2)cc1. The minimum atomic E-state index is -1.08. The van der Waals surface area contributed by atoms with Gasteiger partial charge in [0.05, 0.1) is 12.2 Å². The van der Waals surface area contributed by atoms with Crippen LogP contribution in [0, 0.1) is 0 Å². The molecule has 0 aliphatic heterocycles. The summed E-state index contributed by atoms with van der Waals surface area (Å²) in [5.74, 6) is 0.106. The third-order valence-corrected chi connectivity index (χ3v) is 7.29. The lowest BCUT2D eigenvalue weighted by Gasteiger charge is -2.13. The van der Waals surface area contributed by atoms with Gasteiger partial charge in [-0.15, -0.1) is 10.2 Å². The van der Waals surface area contributed by atoms with Crippen molar-refractivity contribution < 1.29 is 9.90 Å². The van der Waals surface area contributed by atoms with Crippen molar-refractivity contribution in [2.24, 2.45) is 0 Å². The number of unbranched alkanes of at least 4 members (excludes halogenated alkanes) is 1. The first-order valence-corrected chi connectivity index (χ1v) is 13.4. The number of hydrogen-bond acceptors (Lipinski definition) is 6. The summed E-state index contributed by atoms with van der Waals surface area (Å²) < 4.78 is 3.75. The molecule has 1 aliphatic carbocycles. The standard InChI is InChI=1S/C28H27ClN8O2/c1-2-3-4-24-31-26(29)25(28(38)39)36(24)15-17-5-7-18(8-6-17)23-13-19(9-12-22(23)27-32-34-35-33-27)20-14-30-37(16-20)21-10-11-21/h5-9,12-14,16,21H,2-4,10-11,15H2,1H3,(H,38,39)(H,32,33,34,35). The third-order valence-electron chi connectivity index (χ3n) is 7.03. The van der Waals surface area contributed by atoms with E-state index < -0.39 is 5.97 Å². The molecule has 11 heteroatoms. The molecular formula is C28H27ClN8O2. The molecule has 0 spiro atoms. The average molecular weight is 543 g/mol. The van der Waals surface area contributed by atoms with Gasteiger partial charge in [0.15, 0.2) is 10.8 Å². The molecule has 0 saturated heterocycles. The Morgan fingerprint density at radius 3 is 2.59 bits per heavy atom. The number of hydrogen-bond donors (Lipinski definition) is 2. The average Bonchev–Trinajstić information content (AvgIpc) is 3.31. The predicted octanol–water partition coefficient (Wildman–Crippen LogP) is 5.67. The van der Waals surface area contributed by atoms with Crippen molar-refractivity contribution in [2.45, 2.75) is 51.6 Å². The van der Waals surface area contributed by atoms with Crippen LogP contribution in [0.25, 0.3) is 33.6 Å². The molecular weight excluding hydrogens is 516 g/mol. The van der Waals surface area contributed by atoms with Crippen molar-refractivity contribution >= 4 is 17.6 Å². The van der Waals surface area contributed by atoms with Crippen molar-refractivity contribution in [3.8, 4) is 33.6 Å². The molecule has 10 nitrogen and oxygen atoms in total. The number of nitrogens with one attached hydrogen (secondary N) is 1. The first-order valence-electron chi connectivity index (χ1n) is 13.0. The van der Waals surface area contributed by atoms with Gasteiger partial charge in [-0.2, -0.15) is 10.3 Å². The van der Waals surface area contributed by atoms with Crippen LogP contribution in [0.2, 0.25) is 5.15 Å². The smallest absolute Gasteiger partial charge is 0.355 e. The van der Waals surface area contributed by atoms with E-state index in [1.807, 2.05) is 47.3 Å². The first kappa shape index (κ1) is 25.0. The molecule has 1 saturated carbocycles. The van der Waals surface area contributed by atoms with Crippen LogP contribution in [0.15, 0.2) is 54.9 Å². The van der Waals surface area contributed by atoms with Gasteiger partial charge in [-0.25, -0.2) is 9.78 Å². The highest BCUT2D eigenvalue weighted by atomic mass is 35.5. The van der Waals surface area contributed by atoms with Gasteiger partial charge in [0.2, 0.25) is 5.82 Å². The maximum Gasteiger partial charge on any atom is 0.355 e. The van der Waals surface area contributed by atoms with Crippen LogP contribution < -0.4 is 0 Å². The molecule has 1 fully saturated rings. The summed E-state index contributed by atoms with van der Waals surface area (Å²) in [4.78, 5) is 16.3. The Bertz CT molecular complexity index is 1620. The van der Waals surface area contributed by atoms with Crippen LogP contribution in [0.1, 0.15) is 60.5 Å². The van der Waals surface area contributed by atoms with Crippen LogP contribution in [0.4, 0.5) is 0 Å². The van der Waals surface area contributed by atoms with Crippen LogP contribution in [-0.4, -0.2) is 51.0 Å². The number of carboxylic acids is 1. The first-order chi connectivity index (χ1) is 19.0. The van der Waals surface area contributed by atoms with Gasteiger partial charge in [-0.1, -0.05) is 55.3 Å². The number of carboxylic acid groups (broad SMARTS) is 1. The summed E-state index contributed by atoms with van der Waals surface area (Å²) in [6.45, 7) is 2.45. The second-order valence-electron chi connectivity index (χ2n) is 9.80. The topological polar surface area (TPSA) is 127 Å². The summed E-state index contributed by atoms with van der Waals surface area (Å²) in [6.07, 6.45) is 8.90. The predicted molar refractivity (Wildman–Crippen MR) is 146 cm³/mol. The van der Waals surface area contributed by atoms with Gasteiger partial charge in [-0.3, -0.25) is 4.68 Å². The number of tetrazole rings is 1. The molecule has 3 aromatic heterocycles. The summed E-state index contributed by atoms with van der Waals surface area (Å²) in [7, 11) is 0. The molecule has 0 bridgehead atoms. The van der Waals surface area contributed by atoms with Crippen molar-refractivity contribution in [1.82, 2.24) is 40.0 Å². The maximum atomic E-state index is 11.9. The fourth-order valence-corrected chi connectivity index (χ4v) is 5.08. The van der Waals surface area contributed by atoms with E-state index in [1.54, 1.807) is 4.57 Å². The summed E-state index contributed by atoms with van der Waals surface area (Å²) in [5, 5.41) is 29.0. The summed E-state index contributed by atoms with van der Waals surface area (Å²) in [5.41, 5.74) is 5.85.